The zero-order valence-corrected chi connectivity index (χ0v) is 12.9. The first-order chi connectivity index (χ1) is 9.58. The van der Waals surface area contributed by atoms with Crippen LogP contribution in [0.3, 0.4) is 0 Å². The summed E-state index contributed by atoms with van der Waals surface area (Å²) in [5, 5.41) is 0. The molecule has 0 aliphatic carbocycles. The van der Waals surface area contributed by atoms with Crippen molar-refractivity contribution >= 4 is 33.4 Å². The Balaban J connectivity index is 2.07. The summed E-state index contributed by atoms with van der Waals surface area (Å²) < 4.78 is 6.15. The molecule has 0 atom stereocenters. The van der Waals surface area contributed by atoms with Crippen LogP contribution in [-0.2, 0) is 14.3 Å². The number of amides is 2. The summed E-state index contributed by atoms with van der Waals surface area (Å²) >= 11 is 3.35. The van der Waals surface area contributed by atoms with E-state index >= 15 is 0 Å². The van der Waals surface area contributed by atoms with E-state index in [0.717, 1.165) is 10.2 Å². The SMILES string of the molecule is CC(=O)N(CC(=O)N1CCOCC1)c1ccc(Br)cc1. The van der Waals surface area contributed by atoms with E-state index in [2.05, 4.69) is 15.9 Å². The molecule has 20 heavy (non-hydrogen) atoms. The zero-order valence-electron chi connectivity index (χ0n) is 11.3. The minimum absolute atomic E-state index is 0.0496. The van der Waals surface area contributed by atoms with Gasteiger partial charge >= 0.3 is 0 Å². The quantitative estimate of drug-likeness (QED) is 0.840. The van der Waals surface area contributed by atoms with E-state index in [1.54, 1.807) is 4.90 Å². The van der Waals surface area contributed by atoms with Crippen molar-refractivity contribution in [3.05, 3.63) is 28.7 Å². The normalized spacial score (nSPS) is 15.0. The van der Waals surface area contributed by atoms with Gasteiger partial charge in [-0.25, -0.2) is 0 Å². The molecule has 1 aliphatic rings. The molecule has 1 aliphatic heterocycles. The van der Waals surface area contributed by atoms with Crippen LogP contribution in [0.2, 0.25) is 0 Å². The van der Waals surface area contributed by atoms with Crippen molar-refractivity contribution < 1.29 is 14.3 Å². The lowest BCUT2D eigenvalue weighted by Gasteiger charge is -2.29. The highest BCUT2D eigenvalue weighted by atomic mass is 79.9. The van der Waals surface area contributed by atoms with Crippen LogP contribution in [0.5, 0.6) is 0 Å². The van der Waals surface area contributed by atoms with Crippen molar-refractivity contribution in [1.29, 1.82) is 0 Å². The number of anilines is 1. The first kappa shape index (κ1) is 15.0. The zero-order chi connectivity index (χ0) is 14.5. The van der Waals surface area contributed by atoms with Crippen molar-refractivity contribution in [2.45, 2.75) is 6.92 Å². The fourth-order valence-electron chi connectivity index (χ4n) is 2.05. The number of hydrogen-bond donors (Lipinski definition) is 0. The van der Waals surface area contributed by atoms with Crippen LogP contribution in [0, 0.1) is 0 Å². The summed E-state index contributed by atoms with van der Waals surface area (Å²) in [5.74, 6) is -0.194. The van der Waals surface area contributed by atoms with Gasteiger partial charge in [0.1, 0.15) is 6.54 Å². The van der Waals surface area contributed by atoms with Gasteiger partial charge < -0.3 is 14.5 Å². The number of carbonyl (C=O) groups excluding carboxylic acids is 2. The number of morpholine rings is 1. The first-order valence-electron chi connectivity index (χ1n) is 6.47. The third kappa shape index (κ3) is 3.80. The molecule has 1 aromatic rings. The second-order valence-electron chi connectivity index (χ2n) is 4.57. The molecule has 1 heterocycles. The standard InChI is InChI=1S/C14H17BrN2O3/c1-11(18)17(13-4-2-12(15)3-5-13)10-14(19)16-6-8-20-9-7-16/h2-5H,6-10H2,1H3. The first-order valence-corrected chi connectivity index (χ1v) is 7.26. The minimum atomic E-state index is -0.145. The minimum Gasteiger partial charge on any atom is -0.378 e. The van der Waals surface area contributed by atoms with Gasteiger partial charge in [0.15, 0.2) is 0 Å². The molecule has 108 valence electrons. The molecule has 0 bridgehead atoms. The Morgan fingerprint density at radius 3 is 2.40 bits per heavy atom. The summed E-state index contributed by atoms with van der Waals surface area (Å²) in [5.41, 5.74) is 0.724. The third-order valence-electron chi connectivity index (χ3n) is 3.18. The van der Waals surface area contributed by atoms with E-state index in [9.17, 15) is 9.59 Å². The molecule has 0 aromatic heterocycles. The van der Waals surface area contributed by atoms with E-state index in [1.807, 2.05) is 24.3 Å². The average molecular weight is 341 g/mol. The number of rotatable bonds is 3. The molecule has 1 saturated heterocycles. The molecule has 5 nitrogen and oxygen atoms in total. The van der Waals surface area contributed by atoms with Gasteiger partial charge in [0.05, 0.1) is 13.2 Å². The fourth-order valence-corrected chi connectivity index (χ4v) is 2.32. The molecule has 0 saturated carbocycles. The number of hydrogen-bond acceptors (Lipinski definition) is 3. The van der Waals surface area contributed by atoms with Crippen LogP contribution in [0.25, 0.3) is 0 Å². The molecular weight excluding hydrogens is 324 g/mol. The fraction of sp³-hybridized carbons (Fsp3) is 0.429. The summed E-state index contributed by atoms with van der Waals surface area (Å²) in [6, 6.07) is 7.34. The Labute approximate surface area is 126 Å². The molecule has 0 unspecified atom stereocenters. The van der Waals surface area contributed by atoms with Gasteiger partial charge in [0, 0.05) is 30.2 Å². The van der Waals surface area contributed by atoms with Gasteiger partial charge in [0.2, 0.25) is 11.8 Å². The van der Waals surface area contributed by atoms with Crippen LogP contribution < -0.4 is 4.90 Å². The van der Waals surface area contributed by atoms with Crippen LogP contribution in [-0.4, -0.2) is 49.6 Å². The van der Waals surface area contributed by atoms with Gasteiger partial charge in [-0.3, -0.25) is 9.59 Å². The average Bonchev–Trinajstić information content (AvgIpc) is 2.46. The molecular formula is C14H17BrN2O3. The molecule has 1 fully saturated rings. The maximum atomic E-state index is 12.2. The van der Waals surface area contributed by atoms with Crippen LogP contribution in [0.15, 0.2) is 28.7 Å². The Kier molecular flexibility index (Phi) is 5.14. The number of carbonyl (C=O) groups is 2. The maximum Gasteiger partial charge on any atom is 0.242 e. The van der Waals surface area contributed by atoms with E-state index < -0.39 is 0 Å². The summed E-state index contributed by atoms with van der Waals surface area (Å²) in [4.78, 5) is 27.2. The number of halogens is 1. The number of ether oxygens (including phenoxy) is 1. The topological polar surface area (TPSA) is 49.9 Å². The Bertz CT molecular complexity index is 484. The molecule has 2 rings (SSSR count). The molecule has 0 radical (unpaired) electrons. The van der Waals surface area contributed by atoms with Crippen LogP contribution in [0.1, 0.15) is 6.92 Å². The molecule has 0 spiro atoms. The predicted octanol–water partition coefficient (Wildman–Crippen LogP) is 1.66. The van der Waals surface area contributed by atoms with Crippen molar-refractivity contribution in [3.63, 3.8) is 0 Å². The Hall–Kier alpha value is -1.40. The lowest BCUT2D eigenvalue weighted by atomic mass is 10.2. The van der Waals surface area contributed by atoms with E-state index in [1.165, 1.54) is 11.8 Å². The summed E-state index contributed by atoms with van der Waals surface area (Å²) in [6.45, 7) is 3.83. The van der Waals surface area contributed by atoms with Crippen LogP contribution in [0.4, 0.5) is 5.69 Å². The van der Waals surface area contributed by atoms with Gasteiger partial charge in [-0.2, -0.15) is 0 Å². The van der Waals surface area contributed by atoms with E-state index in [0.29, 0.717) is 26.3 Å². The second-order valence-corrected chi connectivity index (χ2v) is 5.49. The predicted molar refractivity (Wildman–Crippen MR) is 79.6 cm³/mol. The monoisotopic (exact) mass is 340 g/mol. The summed E-state index contributed by atoms with van der Waals surface area (Å²) in [6.07, 6.45) is 0. The highest BCUT2D eigenvalue weighted by Gasteiger charge is 2.21. The van der Waals surface area contributed by atoms with E-state index in [4.69, 9.17) is 4.74 Å². The van der Waals surface area contributed by atoms with Gasteiger partial charge in [-0.1, -0.05) is 15.9 Å². The van der Waals surface area contributed by atoms with E-state index in [-0.39, 0.29) is 18.4 Å². The molecule has 0 N–H and O–H groups in total. The van der Waals surface area contributed by atoms with Gasteiger partial charge in [-0.05, 0) is 24.3 Å². The van der Waals surface area contributed by atoms with Crippen molar-refractivity contribution in [1.82, 2.24) is 4.90 Å². The second kappa shape index (κ2) is 6.85. The molecule has 1 aromatic carbocycles. The van der Waals surface area contributed by atoms with Crippen LogP contribution >= 0.6 is 15.9 Å². The van der Waals surface area contributed by atoms with Gasteiger partial charge in [0.25, 0.3) is 0 Å². The number of nitrogens with zero attached hydrogens (tertiary/aromatic N) is 2. The molecule has 2 amide bonds. The largest absolute Gasteiger partial charge is 0.378 e. The number of benzene rings is 1. The lowest BCUT2D eigenvalue weighted by molar-refractivity contribution is -0.134. The molecule has 6 heteroatoms. The maximum absolute atomic E-state index is 12.2. The Morgan fingerprint density at radius 1 is 1.25 bits per heavy atom. The van der Waals surface area contributed by atoms with Crippen molar-refractivity contribution in [3.8, 4) is 0 Å². The van der Waals surface area contributed by atoms with Crippen molar-refractivity contribution in [2.75, 3.05) is 37.7 Å². The smallest absolute Gasteiger partial charge is 0.242 e. The lowest BCUT2D eigenvalue weighted by Crippen LogP contribution is -2.46. The third-order valence-corrected chi connectivity index (χ3v) is 3.70. The van der Waals surface area contributed by atoms with Gasteiger partial charge in [-0.15, -0.1) is 0 Å². The Morgan fingerprint density at radius 2 is 1.85 bits per heavy atom. The van der Waals surface area contributed by atoms with Crippen molar-refractivity contribution in [2.24, 2.45) is 0 Å². The highest BCUT2D eigenvalue weighted by Crippen LogP contribution is 2.18. The highest BCUT2D eigenvalue weighted by molar-refractivity contribution is 9.10. The summed E-state index contributed by atoms with van der Waals surface area (Å²) in [7, 11) is 0.